The lowest BCUT2D eigenvalue weighted by Crippen LogP contribution is -2.41. The van der Waals surface area contributed by atoms with E-state index < -0.39 is 0 Å². The van der Waals surface area contributed by atoms with Gasteiger partial charge in [-0.1, -0.05) is 155 Å². The quantitative estimate of drug-likeness (QED) is 0.0794. The molecule has 0 amide bonds. The average Bonchev–Trinajstić information content (AvgIpc) is 2.80. The van der Waals surface area contributed by atoms with Crippen molar-refractivity contribution in [2.75, 3.05) is 27.2 Å². The SMILES string of the molecule is CCCCCCCCCCCCCCCC[N+](C)(C)CCCCCCCCCCCCCC. The Balaban J connectivity index is 3.28. The largest absolute Gasteiger partial charge is 0.328 e. The van der Waals surface area contributed by atoms with Gasteiger partial charge < -0.3 is 4.48 Å². The first-order valence-corrected chi connectivity index (χ1v) is 15.9. The molecule has 0 aromatic heterocycles. The van der Waals surface area contributed by atoms with Gasteiger partial charge in [-0.05, 0) is 25.7 Å². The average molecular weight is 467 g/mol. The summed E-state index contributed by atoms with van der Waals surface area (Å²) < 4.78 is 1.25. The third kappa shape index (κ3) is 28.1. The molecular weight excluding hydrogens is 398 g/mol. The van der Waals surface area contributed by atoms with E-state index in [1.165, 1.54) is 185 Å². The zero-order chi connectivity index (χ0) is 24.3. The molecule has 0 aliphatic carbocycles. The molecule has 0 rings (SSSR count). The number of hydrogen-bond acceptors (Lipinski definition) is 0. The molecule has 0 atom stereocenters. The maximum Gasteiger partial charge on any atom is 0.0782 e. The smallest absolute Gasteiger partial charge is 0.0782 e. The van der Waals surface area contributed by atoms with E-state index in [-0.39, 0.29) is 0 Å². The van der Waals surface area contributed by atoms with Crippen LogP contribution in [0.4, 0.5) is 0 Å². The molecule has 0 aliphatic heterocycles. The van der Waals surface area contributed by atoms with Gasteiger partial charge in [0.1, 0.15) is 0 Å². The molecule has 1 heteroatoms. The molecule has 0 heterocycles. The summed E-state index contributed by atoms with van der Waals surface area (Å²) in [5, 5.41) is 0. The van der Waals surface area contributed by atoms with Crippen LogP contribution in [0.1, 0.15) is 181 Å². The molecular formula is C32H68N+. The number of unbranched alkanes of at least 4 members (excludes halogenated alkanes) is 24. The lowest BCUT2D eigenvalue weighted by atomic mass is 10.0. The van der Waals surface area contributed by atoms with Crippen LogP contribution >= 0.6 is 0 Å². The molecule has 0 aromatic carbocycles. The fourth-order valence-electron chi connectivity index (χ4n) is 5.23. The summed E-state index contributed by atoms with van der Waals surface area (Å²) in [5.41, 5.74) is 0. The van der Waals surface area contributed by atoms with E-state index in [0.717, 1.165) is 0 Å². The summed E-state index contributed by atoms with van der Waals surface area (Å²) in [6.45, 7) is 7.38. The first-order valence-electron chi connectivity index (χ1n) is 15.9. The predicted octanol–water partition coefficient (Wildman–Crippen LogP) is 11.2. The van der Waals surface area contributed by atoms with Crippen molar-refractivity contribution in [3.63, 3.8) is 0 Å². The summed E-state index contributed by atoms with van der Waals surface area (Å²) in [5.74, 6) is 0. The van der Waals surface area contributed by atoms with E-state index in [2.05, 4.69) is 27.9 Å². The second kappa shape index (κ2) is 26.6. The van der Waals surface area contributed by atoms with Gasteiger partial charge in [0.05, 0.1) is 27.2 Å². The molecule has 0 aliphatic rings. The summed E-state index contributed by atoms with van der Waals surface area (Å²) in [4.78, 5) is 0. The number of hydrogen-bond donors (Lipinski definition) is 0. The summed E-state index contributed by atoms with van der Waals surface area (Å²) in [7, 11) is 4.92. The van der Waals surface area contributed by atoms with Gasteiger partial charge in [-0.25, -0.2) is 0 Å². The lowest BCUT2D eigenvalue weighted by molar-refractivity contribution is -0.890. The fraction of sp³-hybridized carbons (Fsp3) is 1.00. The van der Waals surface area contributed by atoms with Gasteiger partial charge in [0, 0.05) is 0 Å². The van der Waals surface area contributed by atoms with Crippen LogP contribution in [0.25, 0.3) is 0 Å². The Morgan fingerprint density at radius 1 is 0.273 bits per heavy atom. The Hall–Kier alpha value is -0.0400. The monoisotopic (exact) mass is 467 g/mol. The maximum atomic E-state index is 2.46. The molecule has 0 saturated heterocycles. The first kappa shape index (κ1) is 33.0. The van der Waals surface area contributed by atoms with Crippen LogP contribution in [0.2, 0.25) is 0 Å². The van der Waals surface area contributed by atoms with E-state index >= 15 is 0 Å². The molecule has 0 aromatic rings. The highest BCUT2D eigenvalue weighted by molar-refractivity contribution is 4.51. The van der Waals surface area contributed by atoms with Crippen molar-refractivity contribution in [3.05, 3.63) is 0 Å². The van der Waals surface area contributed by atoms with Crippen molar-refractivity contribution in [2.45, 2.75) is 181 Å². The third-order valence-corrected chi connectivity index (χ3v) is 7.73. The highest BCUT2D eigenvalue weighted by atomic mass is 15.3. The van der Waals surface area contributed by atoms with Gasteiger partial charge in [0.15, 0.2) is 0 Å². The van der Waals surface area contributed by atoms with E-state index in [9.17, 15) is 0 Å². The van der Waals surface area contributed by atoms with E-state index in [0.29, 0.717) is 0 Å². The van der Waals surface area contributed by atoms with E-state index in [1.807, 2.05) is 0 Å². The minimum Gasteiger partial charge on any atom is -0.328 e. The molecule has 0 fully saturated rings. The van der Waals surface area contributed by atoms with Gasteiger partial charge in [0.2, 0.25) is 0 Å². The van der Waals surface area contributed by atoms with Crippen molar-refractivity contribution in [1.29, 1.82) is 0 Å². The van der Waals surface area contributed by atoms with Crippen LogP contribution in [0.5, 0.6) is 0 Å². The van der Waals surface area contributed by atoms with Gasteiger partial charge >= 0.3 is 0 Å². The topological polar surface area (TPSA) is 0 Å². The van der Waals surface area contributed by atoms with Gasteiger partial charge in [0.25, 0.3) is 0 Å². The third-order valence-electron chi connectivity index (χ3n) is 7.73. The first-order chi connectivity index (χ1) is 16.1. The molecule has 0 unspecified atom stereocenters. The van der Waals surface area contributed by atoms with Crippen LogP contribution in [0.15, 0.2) is 0 Å². The zero-order valence-corrected chi connectivity index (χ0v) is 24.2. The van der Waals surface area contributed by atoms with Gasteiger partial charge in [-0.15, -0.1) is 0 Å². The number of rotatable bonds is 28. The van der Waals surface area contributed by atoms with Crippen LogP contribution < -0.4 is 0 Å². The second-order valence-electron chi connectivity index (χ2n) is 11.9. The number of nitrogens with zero attached hydrogens (tertiary/aromatic N) is 1. The van der Waals surface area contributed by atoms with Crippen LogP contribution in [-0.4, -0.2) is 31.7 Å². The van der Waals surface area contributed by atoms with Gasteiger partial charge in [-0.3, -0.25) is 0 Å². The number of quaternary nitrogens is 1. The van der Waals surface area contributed by atoms with Crippen LogP contribution in [0.3, 0.4) is 0 Å². The molecule has 0 bridgehead atoms. The normalized spacial score (nSPS) is 12.0. The van der Waals surface area contributed by atoms with Crippen molar-refractivity contribution >= 4 is 0 Å². The zero-order valence-electron chi connectivity index (χ0n) is 24.2. The van der Waals surface area contributed by atoms with Crippen molar-refractivity contribution in [3.8, 4) is 0 Å². The Morgan fingerprint density at radius 2 is 0.455 bits per heavy atom. The van der Waals surface area contributed by atoms with Crippen molar-refractivity contribution in [2.24, 2.45) is 0 Å². The van der Waals surface area contributed by atoms with Crippen molar-refractivity contribution in [1.82, 2.24) is 0 Å². The molecule has 33 heavy (non-hydrogen) atoms. The van der Waals surface area contributed by atoms with E-state index in [1.54, 1.807) is 0 Å². The van der Waals surface area contributed by atoms with Crippen LogP contribution in [-0.2, 0) is 0 Å². The molecule has 0 saturated carbocycles. The van der Waals surface area contributed by atoms with Crippen molar-refractivity contribution < 1.29 is 4.48 Å². The highest BCUT2D eigenvalue weighted by Crippen LogP contribution is 2.15. The Bertz CT molecular complexity index is 348. The Kier molecular flexibility index (Phi) is 26.5. The standard InChI is InChI=1S/C32H68N/c1-5-7-9-11-13-15-17-19-20-22-24-26-28-30-32-33(3,4)31-29-27-25-23-21-18-16-14-12-10-8-6-2/h5-32H2,1-4H3/q+1. The molecule has 200 valence electrons. The Labute approximate surface area is 212 Å². The molecule has 0 N–H and O–H groups in total. The second-order valence-corrected chi connectivity index (χ2v) is 11.9. The minimum absolute atomic E-state index is 1.25. The summed E-state index contributed by atoms with van der Waals surface area (Å²) in [6.07, 6.45) is 38.0. The van der Waals surface area contributed by atoms with Gasteiger partial charge in [-0.2, -0.15) is 0 Å². The maximum absolute atomic E-state index is 2.46. The highest BCUT2D eigenvalue weighted by Gasteiger charge is 2.13. The Morgan fingerprint density at radius 3 is 0.667 bits per heavy atom. The fourth-order valence-corrected chi connectivity index (χ4v) is 5.23. The summed E-state index contributed by atoms with van der Waals surface area (Å²) in [6, 6.07) is 0. The minimum atomic E-state index is 1.25. The van der Waals surface area contributed by atoms with E-state index in [4.69, 9.17) is 0 Å². The molecule has 0 spiro atoms. The molecule has 0 radical (unpaired) electrons. The lowest BCUT2D eigenvalue weighted by Gasteiger charge is -2.30. The molecule has 1 nitrogen and oxygen atoms in total. The predicted molar refractivity (Wildman–Crippen MR) is 153 cm³/mol. The summed E-state index contributed by atoms with van der Waals surface area (Å²) >= 11 is 0. The van der Waals surface area contributed by atoms with Crippen LogP contribution in [0, 0.1) is 0 Å².